The minimum Gasteiger partial charge on any atom is -0.354 e. The van der Waals surface area contributed by atoms with Gasteiger partial charge >= 0.3 is 0 Å². The van der Waals surface area contributed by atoms with Crippen LogP contribution in [0.2, 0.25) is 5.02 Å². The Hall–Kier alpha value is -1.98. The summed E-state index contributed by atoms with van der Waals surface area (Å²) >= 11 is 7.65. The molecule has 0 spiro atoms. The van der Waals surface area contributed by atoms with Crippen LogP contribution < -0.4 is 5.32 Å². The largest absolute Gasteiger partial charge is 0.354 e. The topological polar surface area (TPSA) is 49.4 Å². The highest BCUT2D eigenvalue weighted by atomic mass is 35.5. The van der Waals surface area contributed by atoms with E-state index in [1.54, 1.807) is 16.7 Å². The summed E-state index contributed by atoms with van der Waals surface area (Å²) in [5.74, 6) is 1.15. The van der Waals surface area contributed by atoms with E-state index in [0.29, 0.717) is 31.8 Å². The lowest BCUT2D eigenvalue weighted by molar-refractivity contribution is -0.141. The lowest BCUT2D eigenvalue weighted by Gasteiger charge is -2.31. The lowest BCUT2D eigenvalue weighted by Crippen LogP contribution is -2.49. The van der Waals surface area contributed by atoms with Gasteiger partial charge in [0.2, 0.25) is 11.8 Å². The predicted octanol–water partition coefficient (Wildman–Crippen LogP) is 6.10. The molecule has 2 aromatic carbocycles. The number of hydrogen-bond acceptors (Lipinski definition) is 3. The summed E-state index contributed by atoms with van der Waals surface area (Å²) < 4.78 is 0. The standard InChI is InChI=1S/C26H35ClN2O2S/c1-5-24(26(31)28-17-19(2)3)29(18-21-10-8-20(4)9-11-21)25(30)7-6-16-32-23-14-12-22(27)13-15-23/h8-15,19,24H,5-7,16-18H2,1-4H3,(H,28,31)/t24-/m0/s1. The fraction of sp³-hybridized carbons (Fsp3) is 0.462. The molecule has 1 atom stereocenters. The van der Waals surface area contributed by atoms with Crippen molar-refractivity contribution in [1.82, 2.24) is 10.2 Å². The third-order valence-corrected chi connectivity index (χ3v) is 6.51. The summed E-state index contributed by atoms with van der Waals surface area (Å²) in [6, 6.07) is 15.4. The zero-order valence-electron chi connectivity index (χ0n) is 19.6. The van der Waals surface area contributed by atoms with E-state index in [4.69, 9.17) is 11.6 Å². The normalized spacial score (nSPS) is 11.9. The van der Waals surface area contributed by atoms with E-state index in [-0.39, 0.29) is 11.8 Å². The summed E-state index contributed by atoms with van der Waals surface area (Å²) in [4.78, 5) is 29.0. The first kappa shape index (κ1) is 26.3. The fourth-order valence-corrected chi connectivity index (χ4v) is 4.30. The molecule has 0 radical (unpaired) electrons. The number of carbonyl (C=O) groups excluding carboxylic acids is 2. The van der Waals surface area contributed by atoms with E-state index < -0.39 is 6.04 Å². The van der Waals surface area contributed by atoms with E-state index in [1.807, 2.05) is 62.4 Å². The molecule has 0 aromatic heterocycles. The van der Waals surface area contributed by atoms with Crippen LogP contribution in [0.25, 0.3) is 0 Å². The molecule has 0 bridgehead atoms. The Morgan fingerprint density at radius 1 is 1.06 bits per heavy atom. The lowest BCUT2D eigenvalue weighted by atomic mass is 10.1. The minimum atomic E-state index is -0.466. The number of nitrogens with zero attached hydrogens (tertiary/aromatic N) is 1. The second-order valence-electron chi connectivity index (χ2n) is 8.48. The predicted molar refractivity (Wildman–Crippen MR) is 135 cm³/mol. The highest BCUT2D eigenvalue weighted by molar-refractivity contribution is 7.99. The van der Waals surface area contributed by atoms with Crippen LogP contribution in [-0.4, -0.2) is 35.1 Å². The van der Waals surface area contributed by atoms with Crippen molar-refractivity contribution < 1.29 is 9.59 Å². The van der Waals surface area contributed by atoms with E-state index in [9.17, 15) is 9.59 Å². The van der Waals surface area contributed by atoms with Crippen molar-refractivity contribution in [2.45, 2.75) is 64.4 Å². The number of carbonyl (C=O) groups is 2. The molecule has 2 amide bonds. The summed E-state index contributed by atoms with van der Waals surface area (Å²) in [5.41, 5.74) is 2.21. The van der Waals surface area contributed by atoms with Crippen LogP contribution in [0.4, 0.5) is 0 Å². The molecular formula is C26H35ClN2O2S. The fourth-order valence-electron chi connectivity index (χ4n) is 3.32. The first-order chi connectivity index (χ1) is 15.3. The molecule has 0 unspecified atom stereocenters. The molecule has 4 nitrogen and oxygen atoms in total. The van der Waals surface area contributed by atoms with Crippen LogP contribution in [0, 0.1) is 12.8 Å². The van der Waals surface area contributed by atoms with Gasteiger partial charge in [-0.15, -0.1) is 11.8 Å². The smallest absolute Gasteiger partial charge is 0.242 e. The number of amides is 2. The van der Waals surface area contributed by atoms with Gasteiger partial charge in [-0.05, 0) is 61.3 Å². The van der Waals surface area contributed by atoms with Crippen molar-refractivity contribution >= 4 is 35.2 Å². The van der Waals surface area contributed by atoms with Gasteiger partial charge in [-0.3, -0.25) is 9.59 Å². The van der Waals surface area contributed by atoms with Crippen molar-refractivity contribution in [2.24, 2.45) is 5.92 Å². The zero-order valence-corrected chi connectivity index (χ0v) is 21.1. The number of halogens is 1. The quantitative estimate of drug-likeness (QED) is 0.298. The number of aryl methyl sites for hydroxylation is 1. The molecule has 2 aromatic rings. The number of nitrogens with one attached hydrogen (secondary N) is 1. The van der Waals surface area contributed by atoms with Gasteiger partial charge in [0.05, 0.1) is 0 Å². The maximum Gasteiger partial charge on any atom is 0.242 e. The molecule has 0 saturated heterocycles. The molecule has 32 heavy (non-hydrogen) atoms. The van der Waals surface area contributed by atoms with Crippen molar-refractivity contribution in [2.75, 3.05) is 12.3 Å². The summed E-state index contributed by atoms with van der Waals surface area (Å²) in [6.07, 6.45) is 1.75. The third kappa shape index (κ3) is 8.87. The number of rotatable bonds is 12. The second-order valence-corrected chi connectivity index (χ2v) is 10.1. The SMILES string of the molecule is CC[C@@H](C(=O)NCC(C)C)N(Cc1ccc(C)cc1)C(=O)CCCSc1ccc(Cl)cc1. The Balaban J connectivity index is 2.03. The monoisotopic (exact) mass is 474 g/mol. The molecule has 6 heteroatoms. The van der Waals surface area contributed by atoms with Crippen molar-refractivity contribution in [3.05, 3.63) is 64.7 Å². The van der Waals surface area contributed by atoms with Gasteiger partial charge in [-0.2, -0.15) is 0 Å². The van der Waals surface area contributed by atoms with E-state index in [2.05, 4.69) is 19.2 Å². The molecule has 0 aliphatic carbocycles. The molecule has 1 N–H and O–H groups in total. The molecule has 174 valence electrons. The molecule has 0 aliphatic heterocycles. The van der Waals surface area contributed by atoms with Gasteiger partial charge in [0.25, 0.3) is 0 Å². The Morgan fingerprint density at radius 3 is 2.31 bits per heavy atom. The number of hydrogen-bond donors (Lipinski definition) is 1. The van der Waals surface area contributed by atoms with Gasteiger partial charge in [-0.1, -0.05) is 62.2 Å². The Bertz CT molecular complexity index is 853. The van der Waals surface area contributed by atoms with Gasteiger partial charge in [0, 0.05) is 29.4 Å². The first-order valence-corrected chi connectivity index (χ1v) is 12.7. The van der Waals surface area contributed by atoms with E-state index in [0.717, 1.165) is 27.7 Å². The average Bonchev–Trinajstić information content (AvgIpc) is 2.77. The second kappa shape index (κ2) is 13.5. The molecule has 0 heterocycles. The van der Waals surface area contributed by atoms with Gasteiger partial charge in [0.15, 0.2) is 0 Å². The Labute approximate surface area is 202 Å². The van der Waals surface area contributed by atoms with E-state index in [1.165, 1.54) is 5.56 Å². The maximum atomic E-state index is 13.2. The van der Waals surface area contributed by atoms with Gasteiger partial charge in [-0.25, -0.2) is 0 Å². The van der Waals surface area contributed by atoms with Crippen molar-refractivity contribution in [1.29, 1.82) is 0 Å². The minimum absolute atomic E-state index is 0.0221. The highest BCUT2D eigenvalue weighted by Crippen LogP contribution is 2.22. The number of thioether (sulfide) groups is 1. The average molecular weight is 475 g/mol. The first-order valence-electron chi connectivity index (χ1n) is 11.3. The zero-order chi connectivity index (χ0) is 23.5. The van der Waals surface area contributed by atoms with Crippen LogP contribution in [0.5, 0.6) is 0 Å². The van der Waals surface area contributed by atoms with Gasteiger partial charge in [0.1, 0.15) is 6.04 Å². The van der Waals surface area contributed by atoms with Crippen LogP contribution >= 0.6 is 23.4 Å². The van der Waals surface area contributed by atoms with E-state index >= 15 is 0 Å². The third-order valence-electron chi connectivity index (χ3n) is 5.16. The number of benzene rings is 2. The maximum absolute atomic E-state index is 13.2. The summed E-state index contributed by atoms with van der Waals surface area (Å²) in [6.45, 7) is 9.19. The molecule has 2 rings (SSSR count). The van der Waals surface area contributed by atoms with Crippen LogP contribution in [0.3, 0.4) is 0 Å². The summed E-state index contributed by atoms with van der Waals surface area (Å²) in [7, 11) is 0. The van der Waals surface area contributed by atoms with Crippen molar-refractivity contribution in [3.8, 4) is 0 Å². The van der Waals surface area contributed by atoms with Crippen LogP contribution in [-0.2, 0) is 16.1 Å². The van der Waals surface area contributed by atoms with Crippen LogP contribution in [0.15, 0.2) is 53.4 Å². The molecule has 0 saturated carbocycles. The van der Waals surface area contributed by atoms with Crippen LogP contribution in [0.1, 0.15) is 51.2 Å². The Morgan fingerprint density at radius 2 is 1.72 bits per heavy atom. The summed E-state index contributed by atoms with van der Waals surface area (Å²) in [5, 5.41) is 3.73. The molecule has 0 aliphatic rings. The van der Waals surface area contributed by atoms with Gasteiger partial charge < -0.3 is 10.2 Å². The van der Waals surface area contributed by atoms with Crippen molar-refractivity contribution in [3.63, 3.8) is 0 Å². The highest BCUT2D eigenvalue weighted by Gasteiger charge is 2.28. The molecular weight excluding hydrogens is 440 g/mol. The molecule has 0 fully saturated rings. The Kier molecular flexibility index (Phi) is 11.1.